The van der Waals surface area contributed by atoms with E-state index in [-0.39, 0.29) is 12.1 Å². The minimum absolute atomic E-state index is 0.124. The standard InChI is InChI=1S/C33H21F11O/c1-2-3-4-5-18-7-11-23(25(35)12-18)33(43,44)45-22-10-9-20(24(34)17-22)8-6-19-13-26(36)30(27(37)14-19)21-15-28(38)31(29(39)16-21)32(40,41)42/h7,9-17H,2-5H2,1H3. The van der Waals surface area contributed by atoms with Crippen LogP contribution in [0.5, 0.6) is 5.75 Å². The van der Waals surface area contributed by atoms with Gasteiger partial charge in [-0.1, -0.05) is 37.7 Å². The van der Waals surface area contributed by atoms with E-state index in [1.54, 1.807) is 0 Å². The van der Waals surface area contributed by atoms with Gasteiger partial charge in [0, 0.05) is 11.6 Å². The molecule has 0 radical (unpaired) electrons. The number of unbranched alkanes of at least 4 members (excludes halogenated alkanes) is 2. The number of hydrogen-bond acceptors (Lipinski definition) is 1. The summed E-state index contributed by atoms with van der Waals surface area (Å²) in [5.74, 6) is -5.62. The fourth-order valence-corrected chi connectivity index (χ4v) is 4.44. The minimum Gasteiger partial charge on any atom is -0.429 e. The maximum absolute atomic E-state index is 14.7. The second kappa shape index (κ2) is 13.2. The summed E-state index contributed by atoms with van der Waals surface area (Å²) in [5.41, 5.74) is -5.45. The molecule has 0 aliphatic rings. The number of ether oxygens (including phenoxy) is 1. The Labute approximate surface area is 250 Å². The Balaban J connectivity index is 1.53. The zero-order chi connectivity index (χ0) is 33.1. The fraction of sp³-hybridized carbons (Fsp3) is 0.212. The summed E-state index contributed by atoms with van der Waals surface area (Å²) >= 11 is 0. The van der Waals surface area contributed by atoms with Crippen LogP contribution < -0.4 is 4.74 Å². The van der Waals surface area contributed by atoms with Gasteiger partial charge in [-0.05, 0) is 72.5 Å². The van der Waals surface area contributed by atoms with Crippen LogP contribution in [0.3, 0.4) is 0 Å². The number of hydrogen-bond donors (Lipinski definition) is 0. The number of halogens is 11. The molecule has 0 atom stereocenters. The highest BCUT2D eigenvalue weighted by atomic mass is 19.4. The van der Waals surface area contributed by atoms with Gasteiger partial charge in [0.05, 0.1) is 16.7 Å². The quantitative estimate of drug-likeness (QED) is 0.106. The molecule has 4 aromatic carbocycles. The van der Waals surface area contributed by atoms with Gasteiger partial charge in [0.1, 0.15) is 46.2 Å². The summed E-state index contributed by atoms with van der Waals surface area (Å²) in [6.45, 7) is 1.98. The molecule has 0 saturated heterocycles. The summed E-state index contributed by atoms with van der Waals surface area (Å²) < 4.78 is 159. The van der Waals surface area contributed by atoms with Gasteiger partial charge in [-0.3, -0.25) is 0 Å². The smallest absolute Gasteiger partial charge is 0.429 e. The highest BCUT2D eigenvalue weighted by molar-refractivity contribution is 5.67. The Hall–Kier alpha value is -4.53. The summed E-state index contributed by atoms with van der Waals surface area (Å²) in [6, 6.07) is 7.05. The van der Waals surface area contributed by atoms with Gasteiger partial charge in [-0.15, -0.1) is 0 Å². The predicted octanol–water partition coefficient (Wildman–Crippen LogP) is 10.5. The minimum atomic E-state index is -5.39. The lowest BCUT2D eigenvalue weighted by Crippen LogP contribution is -2.23. The lowest BCUT2D eigenvalue weighted by Gasteiger charge is -2.19. The Morgan fingerprint density at radius 3 is 1.84 bits per heavy atom. The third kappa shape index (κ3) is 7.77. The van der Waals surface area contributed by atoms with Crippen molar-refractivity contribution in [2.45, 2.75) is 44.9 Å². The van der Waals surface area contributed by atoms with Crippen LogP contribution in [0, 0.1) is 46.7 Å². The van der Waals surface area contributed by atoms with E-state index >= 15 is 0 Å². The molecule has 0 aromatic heterocycles. The molecule has 0 aliphatic heterocycles. The van der Waals surface area contributed by atoms with E-state index in [2.05, 4.69) is 16.6 Å². The van der Waals surface area contributed by atoms with Crippen molar-refractivity contribution in [3.8, 4) is 28.7 Å². The maximum Gasteiger partial charge on any atom is 0.429 e. The van der Waals surface area contributed by atoms with Crippen molar-refractivity contribution < 1.29 is 53.0 Å². The van der Waals surface area contributed by atoms with E-state index in [0.29, 0.717) is 30.2 Å². The van der Waals surface area contributed by atoms with Gasteiger partial charge in [0.15, 0.2) is 0 Å². The number of rotatable bonds is 8. The molecule has 4 aromatic rings. The van der Waals surface area contributed by atoms with Crippen molar-refractivity contribution in [1.29, 1.82) is 0 Å². The van der Waals surface area contributed by atoms with Gasteiger partial charge in [-0.25, -0.2) is 26.3 Å². The lowest BCUT2D eigenvalue weighted by molar-refractivity contribution is -0.187. The van der Waals surface area contributed by atoms with Crippen LogP contribution in [0.25, 0.3) is 11.1 Å². The highest BCUT2D eigenvalue weighted by Crippen LogP contribution is 2.37. The zero-order valence-electron chi connectivity index (χ0n) is 23.2. The number of alkyl halides is 5. The Morgan fingerprint density at radius 1 is 0.644 bits per heavy atom. The molecule has 0 bridgehead atoms. The zero-order valence-corrected chi connectivity index (χ0v) is 23.2. The molecule has 0 heterocycles. The van der Waals surface area contributed by atoms with Crippen LogP contribution in [0.4, 0.5) is 48.3 Å². The summed E-state index contributed by atoms with van der Waals surface area (Å²) in [7, 11) is 0. The molecule has 45 heavy (non-hydrogen) atoms. The summed E-state index contributed by atoms with van der Waals surface area (Å²) in [5, 5.41) is 0. The predicted molar refractivity (Wildman–Crippen MR) is 143 cm³/mol. The summed E-state index contributed by atoms with van der Waals surface area (Å²) in [4.78, 5) is 0. The van der Waals surface area contributed by atoms with Crippen LogP contribution in [0.15, 0.2) is 60.7 Å². The van der Waals surface area contributed by atoms with Gasteiger partial charge in [-0.2, -0.15) is 22.0 Å². The monoisotopic (exact) mass is 642 g/mol. The van der Waals surface area contributed by atoms with Crippen molar-refractivity contribution >= 4 is 0 Å². The first kappa shape index (κ1) is 33.4. The topological polar surface area (TPSA) is 9.23 Å². The maximum atomic E-state index is 14.7. The molecule has 4 rings (SSSR count). The Kier molecular flexibility index (Phi) is 9.80. The van der Waals surface area contributed by atoms with Crippen LogP contribution in [0.1, 0.15) is 54.0 Å². The van der Waals surface area contributed by atoms with Gasteiger partial charge >= 0.3 is 12.3 Å². The van der Waals surface area contributed by atoms with Gasteiger partial charge in [0.25, 0.3) is 0 Å². The van der Waals surface area contributed by atoms with Crippen molar-refractivity contribution in [1.82, 2.24) is 0 Å². The molecule has 1 nitrogen and oxygen atoms in total. The van der Waals surface area contributed by atoms with Gasteiger partial charge in [0.2, 0.25) is 0 Å². The molecule has 0 spiro atoms. The average molecular weight is 643 g/mol. The molecule has 236 valence electrons. The molecule has 0 fully saturated rings. The normalized spacial score (nSPS) is 11.7. The average Bonchev–Trinajstić information content (AvgIpc) is 2.91. The molecule has 12 heteroatoms. The third-order valence-electron chi connectivity index (χ3n) is 6.60. The van der Waals surface area contributed by atoms with Gasteiger partial charge < -0.3 is 4.74 Å². The van der Waals surface area contributed by atoms with E-state index in [9.17, 15) is 48.3 Å². The molecule has 0 saturated carbocycles. The highest BCUT2D eigenvalue weighted by Gasteiger charge is 2.39. The van der Waals surface area contributed by atoms with E-state index in [0.717, 1.165) is 43.5 Å². The van der Waals surface area contributed by atoms with E-state index in [4.69, 9.17) is 0 Å². The van der Waals surface area contributed by atoms with Crippen molar-refractivity contribution in [3.05, 3.63) is 123 Å². The molecule has 0 amide bonds. The molecular formula is C33H21F11O. The second-order valence-electron chi connectivity index (χ2n) is 9.91. The van der Waals surface area contributed by atoms with Crippen LogP contribution in [-0.2, 0) is 18.7 Å². The van der Waals surface area contributed by atoms with E-state index < -0.39 is 86.3 Å². The first-order chi connectivity index (χ1) is 21.1. The second-order valence-corrected chi connectivity index (χ2v) is 9.91. The summed E-state index contributed by atoms with van der Waals surface area (Å²) in [6.07, 6.45) is -6.46. The van der Waals surface area contributed by atoms with E-state index in [1.807, 2.05) is 6.92 Å². The van der Waals surface area contributed by atoms with Crippen LogP contribution in [-0.4, -0.2) is 0 Å². The Morgan fingerprint density at radius 2 is 1.29 bits per heavy atom. The Bertz CT molecular complexity index is 1740. The first-order valence-corrected chi connectivity index (χ1v) is 13.3. The van der Waals surface area contributed by atoms with Crippen LogP contribution >= 0.6 is 0 Å². The molecule has 0 unspecified atom stereocenters. The lowest BCUT2D eigenvalue weighted by atomic mass is 10.00. The first-order valence-electron chi connectivity index (χ1n) is 13.3. The largest absolute Gasteiger partial charge is 0.429 e. The van der Waals surface area contributed by atoms with Crippen molar-refractivity contribution in [2.75, 3.05) is 0 Å². The van der Waals surface area contributed by atoms with E-state index in [1.165, 1.54) is 6.07 Å². The number of aryl methyl sites for hydroxylation is 1. The van der Waals surface area contributed by atoms with Crippen LogP contribution in [0.2, 0.25) is 0 Å². The fourth-order valence-electron chi connectivity index (χ4n) is 4.44. The van der Waals surface area contributed by atoms with Crippen molar-refractivity contribution in [3.63, 3.8) is 0 Å². The molecule has 0 N–H and O–H groups in total. The van der Waals surface area contributed by atoms with Crippen molar-refractivity contribution in [2.24, 2.45) is 0 Å². The third-order valence-corrected chi connectivity index (χ3v) is 6.60. The number of benzene rings is 4. The molecule has 0 aliphatic carbocycles. The molecular weight excluding hydrogens is 621 g/mol. The SMILES string of the molecule is CCCCCc1ccc(C(F)(F)Oc2ccc(C#Cc3cc(F)c(-c4cc(F)c(C(F)(F)F)c(F)c4)c(F)c3)c(F)c2)c(F)c1.